The van der Waals surface area contributed by atoms with Gasteiger partial charge in [0.1, 0.15) is 5.82 Å². The molecule has 0 amide bonds. The first kappa shape index (κ1) is 16.4. The van der Waals surface area contributed by atoms with Gasteiger partial charge in [0.25, 0.3) is 0 Å². The predicted octanol–water partition coefficient (Wildman–Crippen LogP) is 4.58. The minimum atomic E-state index is 0.590. The zero-order valence-electron chi connectivity index (χ0n) is 15.3. The van der Waals surface area contributed by atoms with Crippen molar-refractivity contribution in [3.8, 4) is 22.4 Å². The van der Waals surface area contributed by atoms with Gasteiger partial charge in [0.15, 0.2) is 0 Å². The van der Waals surface area contributed by atoms with E-state index in [1.807, 2.05) is 24.4 Å². The van der Waals surface area contributed by atoms with Crippen molar-refractivity contribution in [1.82, 2.24) is 19.9 Å². The van der Waals surface area contributed by atoms with E-state index in [1.165, 1.54) is 11.1 Å². The second-order valence-electron chi connectivity index (χ2n) is 6.74. The quantitative estimate of drug-likeness (QED) is 0.487. The molecule has 0 saturated heterocycles. The zero-order chi connectivity index (χ0) is 18.9. The lowest BCUT2D eigenvalue weighted by Gasteiger charge is -2.11. The van der Waals surface area contributed by atoms with E-state index in [0.29, 0.717) is 12.5 Å². The first-order chi connectivity index (χ1) is 13.8. The van der Waals surface area contributed by atoms with E-state index in [2.05, 4.69) is 56.8 Å². The highest BCUT2D eigenvalue weighted by atomic mass is 15.1. The number of aromatic nitrogens is 4. The molecule has 0 fully saturated rings. The molecule has 0 saturated carbocycles. The summed E-state index contributed by atoms with van der Waals surface area (Å²) in [5.41, 5.74) is 7.07. The lowest BCUT2D eigenvalue weighted by Crippen LogP contribution is -2.05. The summed E-state index contributed by atoms with van der Waals surface area (Å²) in [6.07, 6.45) is 7.21. The molecule has 0 aliphatic carbocycles. The predicted molar refractivity (Wildman–Crippen MR) is 110 cm³/mol. The summed E-state index contributed by atoms with van der Waals surface area (Å²) >= 11 is 0. The third kappa shape index (κ3) is 2.95. The molecule has 3 aromatic heterocycles. The van der Waals surface area contributed by atoms with Crippen molar-refractivity contribution in [2.24, 2.45) is 0 Å². The van der Waals surface area contributed by atoms with Crippen LogP contribution in [0.5, 0.6) is 0 Å². The molecular weight excluding hydrogens is 348 g/mol. The molecule has 4 aromatic rings. The molecule has 28 heavy (non-hydrogen) atoms. The number of nitrogens with zero attached hydrogens (tertiary/aromatic N) is 4. The van der Waals surface area contributed by atoms with Gasteiger partial charge in [-0.3, -0.25) is 4.98 Å². The van der Waals surface area contributed by atoms with Crippen LogP contribution in [0.2, 0.25) is 0 Å². The average Bonchev–Trinajstić information content (AvgIpc) is 2.87. The number of hydrogen-bond donors (Lipinski definition) is 2. The second kappa shape index (κ2) is 6.74. The maximum atomic E-state index is 4.83. The molecular formula is C22H18N6. The van der Waals surface area contributed by atoms with Crippen molar-refractivity contribution in [2.75, 3.05) is 10.6 Å². The number of fused-ring (bicyclic) bond motifs is 5. The molecule has 0 spiro atoms. The van der Waals surface area contributed by atoms with Crippen molar-refractivity contribution in [1.29, 1.82) is 0 Å². The maximum absolute atomic E-state index is 4.83. The molecule has 6 heteroatoms. The molecule has 0 unspecified atom stereocenters. The molecule has 1 aliphatic rings. The lowest BCUT2D eigenvalue weighted by atomic mass is 10.0. The number of benzene rings is 1. The summed E-state index contributed by atoms with van der Waals surface area (Å²) in [4.78, 5) is 18.1. The van der Waals surface area contributed by atoms with Gasteiger partial charge in [-0.05, 0) is 30.7 Å². The standard InChI is InChI=1S/C22H18N6/c1-14-4-2-5-15(10-14)11-25-22-26-12-18-16-7-9-23-13-19(16)27-21-17(20(18)28-22)6-3-8-24-21/h2-10,12-13H,11H2,1H3,(H,24,27)(H,25,26,28). The molecule has 0 atom stereocenters. The first-order valence-electron chi connectivity index (χ1n) is 9.11. The lowest BCUT2D eigenvalue weighted by molar-refractivity contribution is 1.05. The van der Waals surface area contributed by atoms with E-state index >= 15 is 0 Å². The number of hydrogen-bond acceptors (Lipinski definition) is 6. The van der Waals surface area contributed by atoms with E-state index < -0.39 is 0 Å². The van der Waals surface area contributed by atoms with Crippen LogP contribution in [0.25, 0.3) is 22.4 Å². The minimum Gasteiger partial charge on any atom is -0.350 e. The Morgan fingerprint density at radius 1 is 0.929 bits per heavy atom. The van der Waals surface area contributed by atoms with Gasteiger partial charge < -0.3 is 10.6 Å². The van der Waals surface area contributed by atoms with Crippen LogP contribution >= 0.6 is 0 Å². The first-order valence-corrected chi connectivity index (χ1v) is 9.11. The van der Waals surface area contributed by atoms with Crippen LogP contribution in [0.1, 0.15) is 11.1 Å². The summed E-state index contributed by atoms with van der Waals surface area (Å²) in [6, 6.07) is 14.3. The van der Waals surface area contributed by atoms with Gasteiger partial charge in [0, 0.05) is 41.8 Å². The Hall–Kier alpha value is -3.80. The Bertz CT molecular complexity index is 1170. The Morgan fingerprint density at radius 3 is 2.82 bits per heavy atom. The van der Waals surface area contributed by atoms with Crippen molar-refractivity contribution in [2.45, 2.75) is 13.5 Å². The summed E-state index contributed by atoms with van der Waals surface area (Å²) in [5.74, 6) is 1.35. The van der Waals surface area contributed by atoms with Gasteiger partial charge in [0.05, 0.1) is 17.6 Å². The number of anilines is 3. The molecule has 136 valence electrons. The van der Waals surface area contributed by atoms with Crippen molar-refractivity contribution in [3.63, 3.8) is 0 Å². The number of nitrogens with one attached hydrogen (secondary N) is 2. The number of rotatable bonds is 3. The van der Waals surface area contributed by atoms with Gasteiger partial charge >= 0.3 is 0 Å². The largest absolute Gasteiger partial charge is 0.350 e. The van der Waals surface area contributed by atoms with Crippen molar-refractivity contribution in [3.05, 3.63) is 78.4 Å². The minimum absolute atomic E-state index is 0.590. The van der Waals surface area contributed by atoms with Crippen molar-refractivity contribution >= 4 is 17.5 Å². The van der Waals surface area contributed by atoms with Crippen LogP contribution in [0, 0.1) is 6.92 Å². The number of aryl methyl sites for hydroxylation is 1. The third-order valence-corrected chi connectivity index (χ3v) is 4.75. The van der Waals surface area contributed by atoms with Crippen LogP contribution in [0.3, 0.4) is 0 Å². The molecule has 0 bridgehead atoms. The van der Waals surface area contributed by atoms with Crippen LogP contribution in [0.4, 0.5) is 17.5 Å². The molecule has 1 aliphatic heterocycles. The van der Waals surface area contributed by atoms with Crippen LogP contribution in [0.15, 0.2) is 67.3 Å². The molecule has 1 aromatic carbocycles. The normalized spacial score (nSPS) is 11.5. The van der Waals surface area contributed by atoms with Gasteiger partial charge in [0.2, 0.25) is 5.95 Å². The highest BCUT2D eigenvalue weighted by molar-refractivity contribution is 5.95. The zero-order valence-corrected chi connectivity index (χ0v) is 15.3. The smallest absolute Gasteiger partial charge is 0.223 e. The van der Waals surface area contributed by atoms with Crippen molar-refractivity contribution < 1.29 is 0 Å². The molecule has 4 heterocycles. The summed E-state index contributed by atoms with van der Waals surface area (Å²) in [6.45, 7) is 2.75. The second-order valence-corrected chi connectivity index (χ2v) is 6.74. The Morgan fingerprint density at radius 2 is 1.89 bits per heavy atom. The number of pyridine rings is 2. The molecule has 0 radical (unpaired) electrons. The van der Waals surface area contributed by atoms with Gasteiger partial charge in [-0.1, -0.05) is 29.8 Å². The van der Waals surface area contributed by atoms with E-state index in [9.17, 15) is 0 Å². The Labute approximate surface area is 162 Å². The van der Waals surface area contributed by atoms with Crippen LogP contribution in [-0.2, 0) is 6.54 Å². The topological polar surface area (TPSA) is 75.6 Å². The highest BCUT2D eigenvalue weighted by Crippen LogP contribution is 2.41. The third-order valence-electron chi connectivity index (χ3n) is 4.75. The van der Waals surface area contributed by atoms with Gasteiger partial charge in [-0.2, -0.15) is 0 Å². The fourth-order valence-corrected chi connectivity index (χ4v) is 3.43. The van der Waals surface area contributed by atoms with E-state index in [-0.39, 0.29) is 0 Å². The maximum Gasteiger partial charge on any atom is 0.223 e. The average molecular weight is 366 g/mol. The van der Waals surface area contributed by atoms with Gasteiger partial charge in [-0.25, -0.2) is 15.0 Å². The highest BCUT2D eigenvalue weighted by Gasteiger charge is 2.21. The van der Waals surface area contributed by atoms with E-state index in [0.717, 1.165) is 33.9 Å². The summed E-state index contributed by atoms with van der Waals surface area (Å²) in [7, 11) is 0. The summed E-state index contributed by atoms with van der Waals surface area (Å²) < 4.78 is 0. The van der Waals surface area contributed by atoms with Gasteiger partial charge in [-0.15, -0.1) is 0 Å². The van der Waals surface area contributed by atoms with E-state index in [1.54, 1.807) is 18.6 Å². The SMILES string of the molecule is Cc1cccc(CNc2ncc3c(n2)-c2cccnc2Nc2cnccc2-3)c1. The molecule has 5 rings (SSSR count). The Kier molecular flexibility index (Phi) is 3.94. The fraction of sp³-hybridized carbons (Fsp3) is 0.0909. The van der Waals surface area contributed by atoms with Crippen LogP contribution in [-0.4, -0.2) is 19.9 Å². The van der Waals surface area contributed by atoms with E-state index in [4.69, 9.17) is 4.98 Å². The monoisotopic (exact) mass is 366 g/mol. The summed E-state index contributed by atoms with van der Waals surface area (Å²) in [5, 5.41) is 6.71. The van der Waals surface area contributed by atoms with Crippen LogP contribution < -0.4 is 10.6 Å². The fourth-order valence-electron chi connectivity index (χ4n) is 3.43. The molecule has 6 nitrogen and oxygen atoms in total. The Balaban J connectivity index is 1.57. The molecule has 2 N–H and O–H groups in total.